The number of amides is 1. The van der Waals surface area contributed by atoms with Crippen LogP contribution in [0.5, 0.6) is 0 Å². The molecule has 22 heavy (non-hydrogen) atoms. The highest BCUT2D eigenvalue weighted by molar-refractivity contribution is 6.08. The average Bonchev–Trinajstić information content (AvgIpc) is 2.93. The molecule has 112 valence electrons. The molecule has 0 saturated carbocycles. The Balaban J connectivity index is 1.92. The van der Waals surface area contributed by atoms with Crippen LogP contribution in [0.4, 0.5) is 11.4 Å². The fourth-order valence-electron chi connectivity index (χ4n) is 2.30. The summed E-state index contributed by atoms with van der Waals surface area (Å²) in [6.07, 6.45) is 3.67. The lowest BCUT2D eigenvalue weighted by Gasteiger charge is -2.06. The Morgan fingerprint density at radius 3 is 2.73 bits per heavy atom. The van der Waals surface area contributed by atoms with Crippen molar-refractivity contribution in [1.82, 2.24) is 14.6 Å². The van der Waals surface area contributed by atoms with E-state index in [-0.39, 0.29) is 5.91 Å². The molecule has 0 fully saturated rings. The summed E-state index contributed by atoms with van der Waals surface area (Å²) in [6, 6.07) is 10.6. The van der Waals surface area contributed by atoms with E-state index >= 15 is 0 Å². The predicted molar refractivity (Wildman–Crippen MR) is 85.8 cm³/mol. The van der Waals surface area contributed by atoms with Crippen molar-refractivity contribution < 1.29 is 4.79 Å². The van der Waals surface area contributed by atoms with E-state index in [9.17, 15) is 4.79 Å². The second-order valence-electron chi connectivity index (χ2n) is 5.06. The van der Waals surface area contributed by atoms with Gasteiger partial charge in [-0.25, -0.2) is 0 Å². The molecule has 0 unspecified atom stereocenters. The largest absolute Gasteiger partial charge is 0.399 e. The molecule has 0 bridgehead atoms. The Morgan fingerprint density at radius 1 is 1.23 bits per heavy atom. The van der Waals surface area contributed by atoms with Gasteiger partial charge in [-0.1, -0.05) is 6.92 Å². The molecule has 1 aromatic carbocycles. The number of carbonyl (C=O) groups is 1. The predicted octanol–water partition coefficient (Wildman–Crippen LogP) is 2.52. The number of aromatic nitrogens is 3. The van der Waals surface area contributed by atoms with Crippen LogP contribution in [0.3, 0.4) is 0 Å². The number of hydrogen-bond donors (Lipinski definition) is 2. The van der Waals surface area contributed by atoms with Crippen LogP contribution in [-0.2, 0) is 6.42 Å². The number of rotatable bonds is 4. The fraction of sp³-hybridized carbons (Fsp3) is 0.188. The molecule has 3 N–H and O–H groups in total. The first-order chi connectivity index (χ1) is 10.7. The number of nitrogens with zero attached hydrogens (tertiary/aromatic N) is 3. The molecule has 0 aliphatic carbocycles. The second kappa shape index (κ2) is 5.85. The molecule has 0 aliphatic rings. The molecule has 0 radical (unpaired) electrons. The molecule has 6 heteroatoms. The SMILES string of the molecule is CCCc1nnc2c(C(=O)Nc3ccc(N)cc3)cccn12. The summed E-state index contributed by atoms with van der Waals surface area (Å²) in [6.45, 7) is 2.08. The Bertz CT molecular complexity index is 807. The van der Waals surface area contributed by atoms with Crippen LogP contribution < -0.4 is 11.1 Å². The average molecular weight is 295 g/mol. The van der Waals surface area contributed by atoms with Crippen LogP contribution in [0.1, 0.15) is 29.5 Å². The standard InChI is InChI=1S/C16H17N5O/c1-2-4-14-19-20-15-13(5-3-10-21(14)15)16(22)18-12-8-6-11(17)7-9-12/h3,5-10H,2,4,17H2,1H3,(H,18,22). The highest BCUT2D eigenvalue weighted by atomic mass is 16.1. The number of nitrogen functional groups attached to an aromatic ring is 1. The minimum Gasteiger partial charge on any atom is -0.399 e. The van der Waals surface area contributed by atoms with Crippen molar-refractivity contribution in [2.24, 2.45) is 0 Å². The van der Waals surface area contributed by atoms with Crippen molar-refractivity contribution in [3.05, 3.63) is 54.0 Å². The summed E-state index contributed by atoms with van der Waals surface area (Å²) in [5.41, 5.74) is 8.05. The van der Waals surface area contributed by atoms with Crippen LogP contribution >= 0.6 is 0 Å². The Hall–Kier alpha value is -2.89. The van der Waals surface area contributed by atoms with Gasteiger partial charge < -0.3 is 11.1 Å². The maximum Gasteiger partial charge on any atom is 0.259 e. The highest BCUT2D eigenvalue weighted by Crippen LogP contribution is 2.15. The van der Waals surface area contributed by atoms with E-state index in [0.29, 0.717) is 22.6 Å². The van der Waals surface area contributed by atoms with Crippen LogP contribution in [0.2, 0.25) is 0 Å². The summed E-state index contributed by atoms with van der Waals surface area (Å²) in [5, 5.41) is 11.2. The van der Waals surface area contributed by atoms with Crippen molar-refractivity contribution in [3.8, 4) is 0 Å². The topological polar surface area (TPSA) is 85.3 Å². The zero-order valence-corrected chi connectivity index (χ0v) is 12.3. The van der Waals surface area contributed by atoms with Crippen LogP contribution in [0.15, 0.2) is 42.6 Å². The number of nitrogens with two attached hydrogens (primary N) is 1. The van der Waals surface area contributed by atoms with E-state index in [1.165, 1.54) is 0 Å². The van der Waals surface area contributed by atoms with Gasteiger partial charge in [-0.3, -0.25) is 9.20 Å². The third kappa shape index (κ3) is 2.63. The fourth-order valence-corrected chi connectivity index (χ4v) is 2.30. The van der Waals surface area contributed by atoms with Gasteiger partial charge in [0.1, 0.15) is 5.82 Å². The van der Waals surface area contributed by atoms with Crippen molar-refractivity contribution in [2.75, 3.05) is 11.1 Å². The molecule has 0 atom stereocenters. The van der Waals surface area contributed by atoms with Gasteiger partial charge >= 0.3 is 0 Å². The number of carbonyl (C=O) groups excluding carboxylic acids is 1. The van der Waals surface area contributed by atoms with Gasteiger partial charge in [-0.15, -0.1) is 10.2 Å². The number of nitrogens with one attached hydrogen (secondary N) is 1. The van der Waals surface area contributed by atoms with Crippen LogP contribution in [-0.4, -0.2) is 20.5 Å². The molecule has 3 aromatic rings. The Kier molecular flexibility index (Phi) is 3.74. The monoisotopic (exact) mass is 295 g/mol. The second-order valence-corrected chi connectivity index (χ2v) is 5.06. The number of hydrogen-bond acceptors (Lipinski definition) is 4. The third-order valence-corrected chi connectivity index (χ3v) is 3.39. The van der Waals surface area contributed by atoms with Gasteiger partial charge in [-0.05, 0) is 42.8 Å². The zero-order valence-electron chi connectivity index (χ0n) is 12.3. The Morgan fingerprint density at radius 2 is 2.00 bits per heavy atom. The normalized spacial score (nSPS) is 10.8. The van der Waals surface area contributed by atoms with E-state index in [4.69, 9.17) is 5.73 Å². The number of benzene rings is 1. The first kappa shape index (κ1) is 14.1. The molecule has 2 aromatic heterocycles. The molecule has 0 aliphatic heterocycles. The first-order valence-electron chi connectivity index (χ1n) is 7.18. The third-order valence-electron chi connectivity index (χ3n) is 3.39. The van der Waals surface area contributed by atoms with Gasteiger partial charge in [-0.2, -0.15) is 0 Å². The quantitative estimate of drug-likeness (QED) is 0.724. The smallest absolute Gasteiger partial charge is 0.259 e. The molecule has 0 saturated heterocycles. The van der Waals surface area contributed by atoms with E-state index in [1.54, 1.807) is 30.3 Å². The summed E-state index contributed by atoms with van der Waals surface area (Å²) < 4.78 is 1.86. The van der Waals surface area contributed by atoms with Gasteiger partial charge in [0.2, 0.25) is 0 Å². The van der Waals surface area contributed by atoms with Gasteiger partial charge in [0.25, 0.3) is 5.91 Å². The summed E-state index contributed by atoms with van der Waals surface area (Å²) in [4.78, 5) is 12.5. The van der Waals surface area contributed by atoms with E-state index in [0.717, 1.165) is 18.7 Å². The lowest BCUT2D eigenvalue weighted by atomic mass is 10.2. The lowest BCUT2D eigenvalue weighted by Crippen LogP contribution is -2.13. The Labute approximate surface area is 128 Å². The maximum absolute atomic E-state index is 12.5. The number of fused-ring (bicyclic) bond motifs is 1. The van der Waals surface area contributed by atoms with Crippen LogP contribution in [0, 0.1) is 0 Å². The zero-order chi connectivity index (χ0) is 15.5. The summed E-state index contributed by atoms with van der Waals surface area (Å²) >= 11 is 0. The first-order valence-corrected chi connectivity index (χ1v) is 7.18. The highest BCUT2D eigenvalue weighted by Gasteiger charge is 2.14. The van der Waals surface area contributed by atoms with E-state index < -0.39 is 0 Å². The lowest BCUT2D eigenvalue weighted by molar-refractivity contribution is 0.102. The molecular formula is C16H17N5O. The van der Waals surface area contributed by atoms with E-state index in [1.807, 2.05) is 16.7 Å². The number of anilines is 2. The molecule has 1 amide bonds. The number of aryl methyl sites for hydroxylation is 1. The van der Waals surface area contributed by atoms with Gasteiger partial charge in [0, 0.05) is 24.0 Å². The molecule has 3 rings (SSSR count). The molecule has 2 heterocycles. The summed E-state index contributed by atoms with van der Waals surface area (Å²) in [5.74, 6) is 0.644. The molecule has 6 nitrogen and oxygen atoms in total. The van der Waals surface area contributed by atoms with Crippen molar-refractivity contribution in [2.45, 2.75) is 19.8 Å². The van der Waals surface area contributed by atoms with Gasteiger partial charge in [0.15, 0.2) is 5.65 Å². The van der Waals surface area contributed by atoms with Gasteiger partial charge in [0.05, 0.1) is 5.56 Å². The van der Waals surface area contributed by atoms with Crippen molar-refractivity contribution in [1.29, 1.82) is 0 Å². The van der Waals surface area contributed by atoms with Crippen molar-refractivity contribution in [3.63, 3.8) is 0 Å². The maximum atomic E-state index is 12.5. The van der Waals surface area contributed by atoms with E-state index in [2.05, 4.69) is 22.4 Å². The van der Waals surface area contributed by atoms with Crippen LogP contribution in [0.25, 0.3) is 5.65 Å². The molecular weight excluding hydrogens is 278 g/mol. The minimum atomic E-state index is -0.217. The minimum absolute atomic E-state index is 0.217. The number of pyridine rings is 1. The molecule has 0 spiro atoms. The summed E-state index contributed by atoms with van der Waals surface area (Å²) in [7, 11) is 0. The van der Waals surface area contributed by atoms with Crippen molar-refractivity contribution >= 4 is 22.9 Å².